The van der Waals surface area contributed by atoms with Gasteiger partial charge in [0, 0.05) is 6.04 Å². The van der Waals surface area contributed by atoms with Crippen LogP contribution in [0, 0.1) is 13.8 Å². The Hall–Kier alpha value is -1.75. The molecular weight excluding hydrogens is 214 g/mol. The van der Waals surface area contributed by atoms with Gasteiger partial charge in [-0.15, -0.1) is 0 Å². The molecule has 0 unspecified atom stereocenters. The molecule has 0 radical (unpaired) electrons. The molecular formula is C12H17N5. The van der Waals surface area contributed by atoms with Crippen LogP contribution in [0.5, 0.6) is 0 Å². The van der Waals surface area contributed by atoms with Gasteiger partial charge in [-0.25, -0.2) is 9.67 Å². The van der Waals surface area contributed by atoms with E-state index in [0.717, 1.165) is 29.5 Å². The quantitative estimate of drug-likeness (QED) is 0.872. The van der Waals surface area contributed by atoms with Crippen LogP contribution in [0.2, 0.25) is 0 Å². The molecule has 0 aliphatic rings. The van der Waals surface area contributed by atoms with E-state index in [1.54, 1.807) is 10.9 Å². The molecule has 0 aromatic carbocycles. The topological polar surface area (TPSA) is 69.6 Å². The Morgan fingerprint density at radius 3 is 2.59 bits per heavy atom. The maximum Gasteiger partial charge on any atom is 0.148 e. The van der Waals surface area contributed by atoms with Gasteiger partial charge in [-0.3, -0.25) is 4.98 Å². The standard InChI is InChI=1S/C12H17N5/c1-4-11(13)12-6-5-10(7-14-12)17-9(3)15-8(2)16-17/h5-7,11H,4,13H2,1-3H3/t11-/m0/s1. The first-order chi connectivity index (χ1) is 8.11. The average Bonchev–Trinajstić information content (AvgIpc) is 2.68. The lowest BCUT2D eigenvalue weighted by molar-refractivity contribution is 0.673. The number of nitrogens with zero attached hydrogens (tertiary/aromatic N) is 4. The van der Waals surface area contributed by atoms with Crippen LogP contribution in [-0.2, 0) is 0 Å². The lowest BCUT2D eigenvalue weighted by atomic mass is 10.1. The van der Waals surface area contributed by atoms with E-state index in [-0.39, 0.29) is 6.04 Å². The summed E-state index contributed by atoms with van der Waals surface area (Å²) in [5, 5.41) is 4.31. The molecule has 1 atom stereocenters. The van der Waals surface area contributed by atoms with Crippen LogP contribution in [-0.4, -0.2) is 19.7 Å². The van der Waals surface area contributed by atoms with Gasteiger partial charge in [0.15, 0.2) is 0 Å². The third-order valence-electron chi connectivity index (χ3n) is 2.71. The molecule has 2 rings (SSSR count). The second-order valence-electron chi connectivity index (χ2n) is 4.07. The number of nitrogens with two attached hydrogens (primary N) is 1. The van der Waals surface area contributed by atoms with Crippen molar-refractivity contribution in [2.45, 2.75) is 33.2 Å². The van der Waals surface area contributed by atoms with Crippen molar-refractivity contribution in [3.63, 3.8) is 0 Å². The largest absolute Gasteiger partial charge is 0.323 e. The molecule has 5 heteroatoms. The summed E-state index contributed by atoms with van der Waals surface area (Å²) in [6.07, 6.45) is 2.67. The minimum absolute atomic E-state index is 0.00243. The van der Waals surface area contributed by atoms with Crippen LogP contribution in [0.25, 0.3) is 5.69 Å². The van der Waals surface area contributed by atoms with E-state index in [0.29, 0.717) is 0 Å². The maximum absolute atomic E-state index is 5.92. The Morgan fingerprint density at radius 1 is 1.35 bits per heavy atom. The van der Waals surface area contributed by atoms with Crippen molar-refractivity contribution in [2.75, 3.05) is 0 Å². The zero-order valence-corrected chi connectivity index (χ0v) is 10.4. The van der Waals surface area contributed by atoms with Crippen molar-refractivity contribution in [3.05, 3.63) is 35.7 Å². The smallest absolute Gasteiger partial charge is 0.148 e. The fourth-order valence-corrected chi connectivity index (χ4v) is 1.72. The average molecular weight is 231 g/mol. The monoisotopic (exact) mass is 231 g/mol. The molecule has 2 aromatic rings. The number of rotatable bonds is 3. The minimum Gasteiger partial charge on any atom is -0.323 e. The number of aryl methyl sites for hydroxylation is 2. The Balaban J connectivity index is 2.32. The van der Waals surface area contributed by atoms with Crippen molar-refractivity contribution in [2.24, 2.45) is 5.73 Å². The van der Waals surface area contributed by atoms with E-state index in [1.165, 1.54) is 0 Å². The zero-order valence-electron chi connectivity index (χ0n) is 10.4. The molecule has 2 aromatic heterocycles. The summed E-state index contributed by atoms with van der Waals surface area (Å²) in [7, 11) is 0. The van der Waals surface area contributed by atoms with Crippen molar-refractivity contribution >= 4 is 0 Å². The molecule has 0 spiro atoms. The number of pyridine rings is 1. The maximum atomic E-state index is 5.92. The SMILES string of the molecule is CC[C@H](N)c1ccc(-n2nc(C)nc2C)cn1. The van der Waals surface area contributed by atoms with Gasteiger partial charge in [0.25, 0.3) is 0 Å². The Morgan fingerprint density at radius 2 is 2.12 bits per heavy atom. The zero-order chi connectivity index (χ0) is 12.4. The normalized spacial score (nSPS) is 12.7. The van der Waals surface area contributed by atoms with Gasteiger partial charge >= 0.3 is 0 Å². The first kappa shape index (κ1) is 11.7. The Labute approximate surface area is 101 Å². The minimum atomic E-state index is 0.00243. The molecule has 0 fully saturated rings. The lowest BCUT2D eigenvalue weighted by Crippen LogP contribution is -2.11. The highest BCUT2D eigenvalue weighted by atomic mass is 15.3. The summed E-state index contributed by atoms with van der Waals surface area (Å²) in [4.78, 5) is 8.62. The second-order valence-corrected chi connectivity index (χ2v) is 4.07. The van der Waals surface area contributed by atoms with Crippen LogP contribution in [0.1, 0.15) is 36.7 Å². The molecule has 0 aliphatic carbocycles. The van der Waals surface area contributed by atoms with Gasteiger partial charge in [-0.2, -0.15) is 5.10 Å². The highest BCUT2D eigenvalue weighted by Gasteiger charge is 2.08. The van der Waals surface area contributed by atoms with Gasteiger partial charge in [-0.1, -0.05) is 6.92 Å². The van der Waals surface area contributed by atoms with E-state index >= 15 is 0 Å². The van der Waals surface area contributed by atoms with Crippen molar-refractivity contribution in [3.8, 4) is 5.69 Å². The molecule has 17 heavy (non-hydrogen) atoms. The van der Waals surface area contributed by atoms with E-state index in [9.17, 15) is 0 Å². The molecule has 2 heterocycles. The van der Waals surface area contributed by atoms with Crippen LogP contribution >= 0.6 is 0 Å². The molecule has 0 saturated heterocycles. The predicted molar refractivity (Wildman–Crippen MR) is 65.8 cm³/mol. The first-order valence-electron chi connectivity index (χ1n) is 5.74. The fourth-order valence-electron chi connectivity index (χ4n) is 1.72. The molecule has 0 aliphatic heterocycles. The van der Waals surface area contributed by atoms with Crippen molar-refractivity contribution in [1.82, 2.24) is 19.7 Å². The highest BCUT2D eigenvalue weighted by molar-refractivity contribution is 5.30. The second kappa shape index (κ2) is 4.63. The Kier molecular flexibility index (Phi) is 3.19. The fraction of sp³-hybridized carbons (Fsp3) is 0.417. The Bertz CT molecular complexity index is 500. The van der Waals surface area contributed by atoms with E-state index in [1.807, 2.05) is 32.9 Å². The van der Waals surface area contributed by atoms with Gasteiger partial charge in [0.2, 0.25) is 0 Å². The predicted octanol–water partition coefficient (Wildman–Crippen LogP) is 1.69. The number of aromatic nitrogens is 4. The summed E-state index contributed by atoms with van der Waals surface area (Å²) < 4.78 is 1.78. The molecule has 0 saturated carbocycles. The van der Waals surface area contributed by atoms with E-state index in [4.69, 9.17) is 5.73 Å². The summed E-state index contributed by atoms with van der Waals surface area (Å²) in [5.74, 6) is 1.62. The third-order valence-corrected chi connectivity index (χ3v) is 2.71. The summed E-state index contributed by atoms with van der Waals surface area (Å²) in [5.41, 5.74) is 7.74. The van der Waals surface area contributed by atoms with Crippen molar-refractivity contribution < 1.29 is 0 Å². The summed E-state index contributed by atoms with van der Waals surface area (Å²) in [6, 6.07) is 3.92. The number of hydrogen-bond donors (Lipinski definition) is 1. The van der Waals surface area contributed by atoms with E-state index in [2.05, 4.69) is 15.1 Å². The van der Waals surface area contributed by atoms with Crippen LogP contribution in [0.15, 0.2) is 18.3 Å². The number of hydrogen-bond acceptors (Lipinski definition) is 4. The highest BCUT2D eigenvalue weighted by Crippen LogP contribution is 2.13. The lowest BCUT2D eigenvalue weighted by Gasteiger charge is -2.09. The third kappa shape index (κ3) is 2.34. The van der Waals surface area contributed by atoms with E-state index < -0.39 is 0 Å². The van der Waals surface area contributed by atoms with Gasteiger partial charge in [-0.05, 0) is 32.4 Å². The van der Waals surface area contributed by atoms with Gasteiger partial charge in [0.05, 0.1) is 17.6 Å². The molecule has 0 bridgehead atoms. The molecule has 5 nitrogen and oxygen atoms in total. The van der Waals surface area contributed by atoms with Crippen LogP contribution in [0.4, 0.5) is 0 Å². The molecule has 90 valence electrons. The summed E-state index contributed by atoms with van der Waals surface area (Å²) >= 11 is 0. The van der Waals surface area contributed by atoms with Crippen LogP contribution in [0.3, 0.4) is 0 Å². The molecule has 0 amide bonds. The van der Waals surface area contributed by atoms with Gasteiger partial charge in [0.1, 0.15) is 11.6 Å². The molecule has 2 N–H and O–H groups in total. The summed E-state index contributed by atoms with van der Waals surface area (Å²) in [6.45, 7) is 5.84. The van der Waals surface area contributed by atoms with Crippen molar-refractivity contribution in [1.29, 1.82) is 0 Å². The first-order valence-corrected chi connectivity index (χ1v) is 5.74. The van der Waals surface area contributed by atoms with Crippen LogP contribution < -0.4 is 5.73 Å². The van der Waals surface area contributed by atoms with Gasteiger partial charge < -0.3 is 5.73 Å².